The van der Waals surface area contributed by atoms with Crippen LogP contribution in [0.15, 0.2) is 18.2 Å². The Balaban J connectivity index is 2.33. The average Bonchev–Trinajstić information content (AvgIpc) is 2.28. The quantitative estimate of drug-likeness (QED) is 0.743. The van der Waals surface area contributed by atoms with Crippen LogP contribution in [0.3, 0.4) is 0 Å². The van der Waals surface area contributed by atoms with Crippen LogP contribution in [0.5, 0.6) is 0 Å². The summed E-state index contributed by atoms with van der Waals surface area (Å²) < 4.78 is 39.8. The molecule has 0 aromatic heterocycles. The topological polar surface area (TPSA) is 26.3 Å². The molecule has 0 aliphatic rings. The molecule has 0 unspecified atom stereocenters. The summed E-state index contributed by atoms with van der Waals surface area (Å²) in [5.74, 6) is -0.120. The monoisotopic (exact) mass is 274 g/mol. The van der Waals surface area contributed by atoms with Crippen molar-refractivity contribution in [3.63, 3.8) is 0 Å². The highest BCUT2D eigenvalue weighted by atomic mass is 19.4. The SMILES string of the molecule is Cc1ccc(CC(=O)CCOCC(F)(F)F)cc1C. The Bertz CT molecular complexity index is 439. The van der Waals surface area contributed by atoms with Gasteiger partial charge < -0.3 is 4.74 Å². The first-order valence-electron chi connectivity index (χ1n) is 6.00. The molecule has 0 heterocycles. The second kappa shape index (κ2) is 6.70. The molecule has 1 aromatic carbocycles. The lowest BCUT2D eigenvalue weighted by atomic mass is 10.0. The van der Waals surface area contributed by atoms with Crippen LogP contribution in [0.25, 0.3) is 0 Å². The lowest BCUT2D eigenvalue weighted by Gasteiger charge is -2.07. The first-order valence-corrected chi connectivity index (χ1v) is 6.00. The number of hydrogen-bond acceptors (Lipinski definition) is 2. The Morgan fingerprint density at radius 3 is 2.47 bits per heavy atom. The van der Waals surface area contributed by atoms with Gasteiger partial charge in [0.15, 0.2) is 0 Å². The molecule has 106 valence electrons. The van der Waals surface area contributed by atoms with E-state index < -0.39 is 12.8 Å². The molecular formula is C14H17F3O2. The minimum Gasteiger partial charge on any atom is -0.372 e. The standard InChI is InChI=1S/C14H17F3O2/c1-10-3-4-12(7-11(10)2)8-13(18)5-6-19-9-14(15,16)17/h3-4,7H,5-6,8-9H2,1-2H3. The highest BCUT2D eigenvalue weighted by Gasteiger charge is 2.27. The minimum absolute atomic E-state index is 0.00298. The fourth-order valence-electron chi connectivity index (χ4n) is 1.60. The Labute approximate surface area is 110 Å². The number of halogens is 3. The van der Waals surface area contributed by atoms with Crippen molar-refractivity contribution >= 4 is 5.78 Å². The van der Waals surface area contributed by atoms with Gasteiger partial charge in [0.25, 0.3) is 0 Å². The van der Waals surface area contributed by atoms with E-state index in [1.54, 1.807) is 0 Å². The van der Waals surface area contributed by atoms with E-state index in [0.29, 0.717) is 0 Å². The van der Waals surface area contributed by atoms with Gasteiger partial charge in [0.1, 0.15) is 12.4 Å². The summed E-state index contributed by atoms with van der Waals surface area (Å²) in [6.07, 6.45) is -4.10. The maximum atomic E-state index is 11.8. The number of rotatable bonds is 6. The normalized spacial score (nSPS) is 11.6. The average molecular weight is 274 g/mol. The van der Waals surface area contributed by atoms with Gasteiger partial charge in [-0.05, 0) is 30.5 Å². The third-order valence-electron chi connectivity index (χ3n) is 2.76. The number of Topliss-reactive ketones (excluding diaryl/α,β-unsaturated/α-hetero) is 1. The van der Waals surface area contributed by atoms with Crippen molar-refractivity contribution < 1.29 is 22.7 Å². The Morgan fingerprint density at radius 2 is 1.89 bits per heavy atom. The van der Waals surface area contributed by atoms with Crippen molar-refractivity contribution in [3.8, 4) is 0 Å². The third kappa shape index (κ3) is 6.38. The minimum atomic E-state index is -4.34. The zero-order valence-corrected chi connectivity index (χ0v) is 11.0. The van der Waals surface area contributed by atoms with Crippen LogP contribution in [0.1, 0.15) is 23.1 Å². The van der Waals surface area contributed by atoms with Crippen molar-refractivity contribution in [2.45, 2.75) is 32.9 Å². The van der Waals surface area contributed by atoms with Crippen LogP contribution in [0, 0.1) is 13.8 Å². The molecule has 0 saturated carbocycles. The molecule has 0 N–H and O–H groups in total. The molecular weight excluding hydrogens is 257 g/mol. The smallest absolute Gasteiger partial charge is 0.372 e. The van der Waals surface area contributed by atoms with E-state index in [2.05, 4.69) is 4.74 Å². The number of ether oxygens (including phenoxy) is 1. The van der Waals surface area contributed by atoms with Crippen LogP contribution in [0.2, 0.25) is 0 Å². The molecule has 0 atom stereocenters. The molecule has 0 bridgehead atoms. The summed E-state index contributed by atoms with van der Waals surface area (Å²) >= 11 is 0. The first kappa shape index (κ1) is 15.7. The number of alkyl halides is 3. The van der Waals surface area contributed by atoms with E-state index in [-0.39, 0.29) is 25.2 Å². The van der Waals surface area contributed by atoms with Crippen molar-refractivity contribution in [1.82, 2.24) is 0 Å². The molecule has 0 fully saturated rings. The van der Waals surface area contributed by atoms with E-state index >= 15 is 0 Å². The highest BCUT2D eigenvalue weighted by Crippen LogP contribution is 2.15. The lowest BCUT2D eigenvalue weighted by molar-refractivity contribution is -0.174. The summed E-state index contributed by atoms with van der Waals surface area (Å²) in [4.78, 5) is 11.6. The largest absolute Gasteiger partial charge is 0.411 e. The Kier molecular flexibility index (Phi) is 5.54. The summed E-state index contributed by atoms with van der Waals surface area (Å²) in [5.41, 5.74) is 3.12. The van der Waals surface area contributed by atoms with Crippen molar-refractivity contribution in [3.05, 3.63) is 34.9 Å². The highest BCUT2D eigenvalue weighted by molar-refractivity contribution is 5.81. The van der Waals surface area contributed by atoms with Gasteiger partial charge in [0.2, 0.25) is 0 Å². The fraction of sp³-hybridized carbons (Fsp3) is 0.500. The molecule has 0 amide bonds. The molecule has 0 saturated heterocycles. The van der Waals surface area contributed by atoms with Gasteiger partial charge in [-0.2, -0.15) is 13.2 Å². The lowest BCUT2D eigenvalue weighted by Crippen LogP contribution is -2.18. The summed E-state index contributed by atoms with van der Waals surface area (Å²) in [5, 5.41) is 0. The van der Waals surface area contributed by atoms with Gasteiger partial charge in [-0.3, -0.25) is 4.79 Å². The van der Waals surface area contributed by atoms with Crippen LogP contribution in [-0.2, 0) is 16.0 Å². The molecule has 19 heavy (non-hydrogen) atoms. The summed E-state index contributed by atoms with van der Waals surface area (Å²) in [6.45, 7) is 2.44. The number of hydrogen-bond donors (Lipinski definition) is 0. The van der Waals surface area contributed by atoms with Crippen molar-refractivity contribution in [1.29, 1.82) is 0 Å². The number of ketones is 1. The van der Waals surface area contributed by atoms with E-state index in [9.17, 15) is 18.0 Å². The summed E-state index contributed by atoms with van der Waals surface area (Å²) in [6, 6.07) is 5.71. The van der Waals surface area contributed by atoms with Crippen LogP contribution >= 0.6 is 0 Å². The number of benzene rings is 1. The molecule has 0 aliphatic carbocycles. The molecule has 2 nitrogen and oxygen atoms in total. The van der Waals surface area contributed by atoms with E-state index in [1.165, 1.54) is 0 Å². The number of carbonyl (C=O) groups is 1. The van der Waals surface area contributed by atoms with Crippen molar-refractivity contribution in [2.24, 2.45) is 0 Å². The second-order valence-corrected chi connectivity index (χ2v) is 4.55. The van der Waals surface area contributed by atoms with Crippen LogP contribution < -0.4 is 0 Å². The maximum absolute atomic E-state index is 11.8. The second-order valence-electron chi connectivity index (χ2n) is 4.55. The Morgan fingerprint density at radius 1 is 1.21 bits per heavy atom. The molecule has 0 spiro atoms. The number of carbonyl (C=O) groups excluding carboxylic acids is 1. The zero-order valence-electron chi connectivity index (χ0n) is 11.0. The maximum Gasteiger partial charge on any atom is 0.411 e. The van der Waals surface area contributed by atoms with Crippen LogP contribution in [-0.4, -0.2) is 25.2 Å². The third-order valence-corrected chi connectivity index (χ3v) is 2.76. The zero-order chi connectivity index (χ0) is 14.5. The summed E-state index contributed by atoms with van der Waals surface area (Å²) in [7, 11) is 0. The van der Waals surface area contributed by atoms with Crippen molar-refractivity contribution in [2.75, 3.05) is 13.2 Å². The molecule has 1 aromatic rings. The fourth-order valence-corrected chi connectivity index (χ4v) is 1.60. The molecule has 0 radical (unpaired) electrons. The van der Waals surface area contributed by atoms with Gasteiger partial charge >= 0.3 is 6.18 Å². The predicted octanol–water partition coefficient (Wildman–Crippen LogP) is 3.38. The number of aryl methyl sites for hydroxylation is 2. The van der Waals surface area contributed by atoms with Gasteiger partial charge in [-0.25, -0.2) is 0 Å². The van der Waals surface area contributed by atoms with E-state index in [1.807, 2.05) is 32.0 Å². The first-order chi connectivity index (χ1) is 8.78. The van der Waals surface area contributed by atoms with Gasteiger partial charge in [0, 0.05) is 12.8 Å². The van der Waals surface area contributed by atoms with E-state index in [0.717, 1.165) is 16.7 Å². The predicted molar refractivity (Wildman–Crippen MR) is 66.1 cm³/mol. The Hall–Kier alpha value is -1.36. The molecule has 0 aliphatic heterocycles. The van der Waals surface area contributed by atoms with Gasteiger partial charge in [0.05, 0.1) is 6.61 Å². The van der Waals surface area contributed by atoms with Gasteiger partial charge in [-0.15, -0.1) is 0 Å². The molecule has 1 rings (SSSR count). The van der Waals surface area contributed by atoms with E-state index in [4.69, 9.17) is 0 Å². The van der Waals surface area contributed by atoms with Crippen LogP contribution in [0.4, 0.5) is 13.2 Å². The van der Waals surface area contributed by atoms with Gasteiger partial charge in [-0.1, -0.05) is 18.2 Å². The molecule has 5 heteroatoms.